The lowest BCUT2D eigenvalue weighted by molar-refractivity contribution is 0.346. The molecule has 116 valence electrons. The highest BCUT2D eigenvalue weighted by atomic mass is 32.2. The molecule has 22 heavy (non-hydrogen) atoms. The van der Waals surface area contributed by atoms with E-state index < -0.39 is 10.0 Å². The molecule has 1 N–H and O–H groups in total. The largest absolute Gasteiger partial charge is 0.506 e. The van der Waals surface area contributed by atoms with Gasteiger partial charge in [-0.3, -0.25) is 4.98 Å². The zero-order valence-corrected chi connectivity index (χ0v) is 13.0. The Morgan fingerprint density at radius 1 is 1.00 bits per heavy atom. The number of aromatic hydroxyl groups is 1. The molecule has 0 bridgehead atoms. The second-order valence-corrected chi connectivity index (χ2v) is 7.30. The molecule has 1 aromatic carbocycles. The molecule has 6 heteroatoms. The van der Waals surface area contributed by atoms with Gasteiger partial charge in [0.15, 0.2) is 0 Å². The van der Waals surface area contributed by atoms with Gasteiger partial charge in [0, 0.05) is 24.8 Å². The highest BCUT2D eigenvalue weighted by Crippen LogP contribution is 2.28. The molecule has 0 aliphatic carbocycles. The van der Waals surface area contributed by atoms with Crippen molar-refractivity contribution in [2.75, 3.05) is 13.1 Å². The van der Waals surface area contributed by atoms with Crippen molar-refractivity contribution >= 4 is 10.0 Å². The summed E-state index contributed by atoms with van der Waals surface area (Å²) in [5, 5.41) is 9.81. The summed E-state index contributed by atoms with van der Waals surface area (Å²) in [6, 6.07) is 9.72. The first kappa shape index (κ1) is 15.0. The van der Waals surface area contributed by atoms with Crippen molar-refractivity contribution < 1.29 is 13.5 Å². The van der Waals surface area contributed by atoms with Gasteiger partial charge in [0.1, 0.15) is 11.4 Å². The molecule has 1 fully saturated rings. The summed E-state index contributed by atoms with van der Waals surface area (Å²) < 4.78 is 26.7. The maximum absolute atomic E-state index is 12.6. The van der Waals surface area contributed by atoms with Crippen LogP contribution in [0.25, 0.3) is 11.3 Å². The minimum Gasteiger partial charge on any atom is -0.506 e. The van der Waals surface area contributed by atoms with E-state index in [1.807, 2.05) is 0 Å². The normalized spacial score (nSPS) is 16.5. The highest BCUT2D eigenvalue weighted by molar-refractivity contribution is 7.89. The third-order valence-corrected chi connectivity index (χ3v) is 5.78. The molecule has 5 nitrogen and oxygen atoms in total. The van der Waals surface area contributed by atoms with Gasteiger partial charge in [-0.1, -0.05) is 18.6 Å². The van der Waals surface area contributed by atoms with Gasteiger partial charge in [-0.25, -0.2) is 8.42 Å². The Balaban J connectivity index is 1.89. The lowest BCUT2D eigenvalue weighted by Crippen LogP contribution is -2.35. The number of pyridine rings is 1. The van der Waals surface area contributed by atoms with Crippen molar-refractivity contribution in [2.24, 2.45) is 0 Å². The Hall–Kier alpha value is -1.92. The van der Waals surface area contributed by atoms with Crippen LogP contribution >= 0.6 is 0 Å². The van der Waals surface area contributed by atoms with E-state index in [9.17, 15) is 13.5 Å². The number of sulfonamides is 1. The molecule has 0 radical (unpaired) electrons. The van der Waals surface area contributed by atoms with E-state index in [0.29, 0.717) is 24.3 Å². The summed E-state index contributed by atoms with van der Waals surface area (Å²) >= 11 is 0. The zero-order chi connectivity index (χ0) is 15.6. The van der Waals surface area contributed by atoms with Gasteiger partial charge in [0.05, 0.1) is 4.90 Å². The smallest absolute Gasteiger partial charge is 0.243 e. The van der Waals surface area contributed by atoms with E-state index in [1.54, 1.807) is 46.9 Å². The quantitative estimate of drug-likeness (QED) is 0.944. The van der Waals surface area contributed by atoms with Crippen molar-refractivity contribution in [1.82, 2.24) is 9.29 Å². The monoisotopic (exact) mass is 318 g/mol. The van der Waals surface area contributed by atoms with Crippen LogP contribution in [0.5, 0.6) is 5.75 Å². The van der Waals surface area contributed by atoms with Crippen molar-refractivity contribution in [3.8, 4) is 17.0 Å². The number of rotatable bonds is 3. The maximum atomic E-state index is 12.6. The van der Waals surface area contributed by atoms with Gasteiger partial charge in [-0.2, -0.15) is 4.31 Å². The number of benzene rings is 1. The van der Waals surface area contributed by atoms with Crippen LogP contribution in [-0.2, 0) is 10.0 Å². The van der Waals surface area contributed by atoms with E-state index in [0.717, 1.165) is 19.3 Å². The molecule has 1 saturated heterocycles. The van der Waals surface area contributed by atoms with Crippen molar-refractivity contribution in [3.05, 3.63) is 42.6 Å². The van der Waals surface area contributed by atoms with Gasteiger partial charge < -0.3 is 5.11 Å². The van der Waals surface area contributed by atoms with E-state index in [2.05, 4.69) is 4.98 Å². The van der Waals surface area contributed by atoms with Gasteiger partial charge in [0.2, 0.25) is 10.0 Å². The fourth-order valence-corrected chi connectivity index (χ4v) is 4.18. The molecule has 3 rings (SSSR count). The topological polar surface area (TPSA) is 70.5 Å². The number of hydrogen-bond donors (Lipinski definition) is 1. The second kappa shape index (κ2) is 6.06. The van der Waals surface area contributed by atoms with E-state index in [4.69, 9.17) is 0 Å². The van der Waals surface area contributed by atoms with Crippen molar-refractivity contribution in [1.29, 1.82) is 0 Å². The Bertz CT molecular complexity index is 751. The summed E-state index contributed by atoms with van der Waals surface area (Å²) in [7, 11) is -3.42. The first-order valence-electron chi connectivity index (χ1n) is 7.33. The summed E-state index contributed by atoms with van der Waals surface area (Å²) in [5.74, 6) is 0.0779. The molecular weight excluding hydrogens is 300 g/mol. The van der Waals surface area contributed by atoms with Gasteiger partial charge in [-0.15, -0.1) is 0 Å². The maximum Gasteiger partial charge on any atom is 0.243 e. The van der Waals surface area contributed by atoms with Crippen LogP contribution in [0.2, 0.25) is 0 Å². The minimum absolute atomic E-state index is 0.0779. The Morgan fingerprint density at radius 2 is 1.68 bits per heavy atom. The fourth-order valence-electron chi connectivity index (χ4n) is 2.66. The standard InChI is InChI=1S/C16H18N2O3S/c19-15-5-4-10-17-16(15)13-6-8-14(9-7-13)22(20,21)18-11-2-1-3-12-18/h4-10,19H,1-3,11-12H2. The molecule has 1 aromatic heterocycles. The molecular formula is C16H18N2O3S. The second-order valence-electron chi connectivity index (χ2n) is 5.36. The molecule has 2 heterocycles. The molecule has 0 saturated carbocycles. The van der Waals surface area contributed by atoms with Crippen LogP contribution in [-0.4, -0.2) is 35.9 Å². The van der Waals surface area contributed by atoms with Crippen LogP contribution in [0.4, 0.5) is 0 Å². The summed E-state index contributed by atoms with van der Waals surface area (Å²) in [5.41, 5.74) is 1.14. The van der Waals surface area contributed by atoms with Crippen LogP contribution in [0.15, 0.2) is 47.5 Å². The zero-order valence-electron chi connectivity index (χ0n) is 12.1. The molecule has 1 aliphatic heterocycles. The first-order chi connectivity index (χ1) is 10.6. The van der Waals surface area contributed by atoms with Crippen LogP contribution in [0, 0.1) is 0 Å². The highest BCUT2D eigenvalue weighted by Gasteiger charge is 2.25. The predicted octanol–water partition coefficient (Wildman–Crippen LogP) is 2.63. The molecule has 0 amide bonds. The van der Waals surface area contributed by atoms with Crippen LogP contribution in [0.1, 0.15) is 19.3 Å². The van der Waals surface area contributed by atoms with Crippen molar-refractivity contribution in [3.63, 3.8) is 0 Å². The van der Waals surface area contributed by atoms with Crippen LogP contribution < -0.4 is 0 Å². The first-order valence-corrected chi connectivity index (χ1v) is 8.77. The van der Waals surface area contributed by atoms with Crippen LogP contribution in [0.3, 0.4) is 0 Å². The Morgan fingerprint density at radius 3 is 2.32 bits per heavy atom. The van der Waals surface area contributed by atoms with E-state index >= 15 is 0 Å². The predicted molar refractivity (Wildman–Crippen MR) is 83.9 cm³/mol. The molecule has 1 aliphatic rings. The summed E-state index contributed by atoms with van der Waals surface area (Å²) in [4.78, 5) is 4.41. The van der Waals surface area contributed by atoms with Gasteiger partial charge in [0.25, 0.3) is 0 Å². The third-order valence-electron chi connectivity index (χ3n) is 3.87. The lowest BCUT2D eigenvalue weighted by Gasteiger charge is -2.25. The number of piperidine rings is 1. The van der Waals surface area contributed by atoms with E-state index in [-0.39, 0.29) is 10.6 Å². The van der Waals surface area contributed by atoms with Gasteiger partial charge >= 0.3 is 0 Å². The molecule has 0 unspecified atom stereocenters. The number of hydrogen-bond acceptors (Lipinski definition) is 4. The molecule has 0 spiro atoms. The number of nitrogens with zero attached hydrogens (tertiary/aromatic N) is 2. The molecule has 2 aromatic rings. The summed E-state index contributed by atoms with van der Waals surface area (Å²) in [6.45, 7) is 1.18. The lowest BCUT2D eigenvalue weighted by atomic mass is 10.1. The average molecular weight is 318 g/mol. The van der Waals surface area contributed by atoms with Gasteiger partial charge in [-0.05, 0) is 37.1 Å². The van der Waals surface area contributed by atoms with E-state index in [1.165, 1.54) is 0 Å². The fraction of sp³-hybridized carbons (Fsp3) is 0.312. The Kier molecular flexibility index (Phi) is 4.13. The molecule has 0 atom stereocenters. The van der Waals surface area contributed by atoms with Crippen molar-refractivity contribution in [2.45, 2.75) is 24.2 Å². The average Bonchev–Trinajstić information content (AvgIpc) is 2.56. The minimum atomic E-state index is -3.42. The summed E-state index contributed by atoms with van der Waals surface area (Å²) in [6.07, 6.45) is 4.51. The SMILES string of the molecule is O=S(=O)(c1ccc(-c2ncccc2O)cc1)N1CCCCC1. The number of aromatic nitrogens is 1. The Labute approximate surface area is 130 Å². The third kappa shape index (κ3) is 2.84.